The van der Waals surface area contributed by atoms with Gasteiger partial charge < -0.3 is 9.64 Å². The molecule has 1 amide bonds. The lowest BCUT2D eigenvalue weighted by atomic mass is 10.1. The summed E-state index contributed by atoms with van der Waals surface area (Å²) in [5.41, 5.74) is 2.93. The fourth-order valence-electron chi connectivity index (χ4n) is 2.27. The third kappa shape index (κ3) is 2.42. The lowest BCUT2D eigenvalue weighted by Gasteiger charge is -2.15. The Bertz CT molecular complexity index is 650. The highest BCUT2D eigenvalue weighted by molar-refractivity contribution is 5.94. The molecule has 0 fully saturated rings. The van der Waals surface area contributed by atoms with E-state index in [2.05, 4.69) is 15.2 Å². The second-order valence-corrected chi connectivity index (χ2v) is 4.97. The van der Waals surface area contributed by atoms with Gasteiger partial charge in [0.15, 0.2) is 5.82 Å². The molecule has 1 aromatic carbocycles. The van der Waals surface area contributed by atoms with Gasteiger partial charge in [0.05, 0.1) is 19.8 Å². The van der Waals surface area contributed by atoms with E-state index in [1.807, 2.05) is 25.1 Å². The maximum Gasteiger partial charge on any atom is 0.254 e. The monoisotopic (exact) mass is 272 g/mol. The van der Waals surface area contributed by atoms with Crippen molar-refractivity contribution in [2.75, 3.05) is 7.05 Å². The number of aromatic nitrogens is 3. The Morgan fingerprint density at radius 2 is 2.20 bits per heavy atom. The highest BCUT2D eigenvalue weighted by atomic mass is 16.5. The number of H-pyrrole nitrogens is 1. The van der Waals surface area contributed by atoms with Gasteiger partial charge in [-0.15, -0.1) is 0 Å². The number of rotatable bonds is 3. The van der Waals surface area contributed by atoms with Crippen LogP contribution in [0.4, 0.5) is 0 Å². The van der Waals surface area contributed by atoms with E-state index in [1.165, 1.54) is 0 Å². The molecule has 104 valence electrons. The Kier molecular flexibility index (Phi) is 3.23. The van der Waals surface area contributed by atoms with E-state index in [4.69, 9.17) is 4.74 Å². The number of nitrogens with zero attached hydrogens (tertiary/aromatic N) is 3. The Labute approximate surface area is 116 Å². The normalized spacial score (nSPS) is 13.3. The van der Waals surface area contributed by atoms with Gasteiger partial charge in [-0.25, -0.2) is 4.98 Å². The molecule has 0 saturated carbocycles. The number of aromatic amines is 1. The van der Waals surface area contributed by atoms with Crippen LogP contribution in [0.5, 0.6) is 0 Å². The van der Waals surface area contributed by atoms with E-state index >= 15 is 0 Å². The molecule has 0 saturated heterocycles. The second kappa shape index (κ2) is 5.05. The van der Waals surface area contributed by atoms with Crippen LogP contribution < -0.4 is 0 Å². The second-order valence-electron chi connectivity index (χ2n) is 4.97. The van der Waals surface area contributed by atoms with Crippen molar-refractivity contribution in [2.24, 2.45) is 0 Å². The Balaban J connectivity index is 1.74. The summed E-state index contributed by atoms with van der Waals surface area (Å²) in [6, 6.07) is 5.71. The van der Waals surface area contributed by atoms with Crippen LogP contribution in [0.2, 0.25) is 0 Å². The molecule has 20 heavy (non-hydrogen) atoms. The van der Waals surface area contributed by atoms with Crippen molar-refractivity contribution in [3.8, 4) is 0 Å². The summed E-state index contributed by atoms with van der Waals surface area (Å²) in [6.07, 6.45) is 0. The molecule has 0 unspecified atom stereocenters. The van der Waals surface area contributed by atoms with E-state index in [9.17, 15) is 4.79 Å². The summed E-state index contributed by atoms with van der Waals surface area (Å²) in [5, 5.41) is 6.81. The van der Waals surface area contributed by atoms with Crippen molar-refractivity contribution in [2.45, 2.75) is 26.7 Å². The number of fused-ring (bicyclic) bond motifs is 1. The fourth-order valence-corrected chi connectivity index (χ4v) is 2.27. The molecule has 1 aliphatic rings. The SMILES string of the molecule is Cc1nc(CN(C)C(=O)c2ccc3c(c2)COC3)n[nH]1. The minimum atomic E-state index is -0.0397. The number of nitrogens with one attached hydrogen (secondary N) is 1. The Hall–Kier alpha value is -2.21. The molecule has 0 atom stereocenters. The maximum atomic E-state index is 12.4. The molecule has 1 N–H and O–H groups in total. The first-order valence-corrected chi connectivity index (χ1v) is 6.46. The van der Waals surface area contributed by atoms with Crippen LogP contribution >= 0.6 is 0 Å². The zero-order chi connectivity index (χ0) is 14.1. The van der Waals surface area contributed by atoms with Gasteiger partial charge in [-0.2, -0.15) is 5.10 Å². The van der Waals surface area contributed by atoms with E-state index < -0.39 is 0 Å². The first-order chi connectivity index (χ1) is 9.63. The van der Waals surface area contributed by atoms with E-state index in [-0.39, 0.29) is 5.91 Å². The fraction of sp³-hybridized carbons (Fsp3) is 0.357. The van der Waals surface area contributed by atoms with Gasteiger partial charge in [-0.3, -0.25) is 9.89 Å². The molecule has 0 radical (unpaired) electrons. The lowest BCUT2D eigenvalue weighted by molar-refractivity contribution is 0.0781. The predicted octanol–water partition coefficient (Wildman–Crippen LogP) is 1.42. The van der Waals surface area contributed by atoms with E-state index in [0.29, 0.717) is 31.1 Å². The van der Waals surface area contributed by atoms with Gasteiger partial charge in [0.1, 0.15) is 5.82 Å². The molecular formula is C14H16N4O2. The summed E-state index contributed by atoms with van der Waals surface area (Å²) in [5.74, 6) is 1.32. The van der Waals surface area contributed by atoms with Crippen LogP contribution in [0.1, 0.15) is 33.1 Å². The number of amides is 1. The Morgan fingerprint density at radius 3 is 2.95 bits per heavy atom. The number of hydrogen-bond acceptors (Lipinski definition) is 4. The van der Waals surface area contributed by atoms with Crippen LogP contribution in [0.25, 0.3) is 0 Å². The predicted molar refractivity (Wildman–Crippen MR) is 71.9 cm³/mol. The van der Waals surface area contributed by atoms with Crippen LogP contribution in [0.3, 0.4) is 0 Å². The highest BCUT2D eigenvalue weighted by Gasteiger charge is 2.17. The first kappa shape index (κ1) is 12.8. The van der Waals surface area contributed by atoms with Gasteiger partial charge in [0, 0.05) is 12.6 Å². The minimum Gasteiger partial charge on any atom is -0.372 e. The molecule has 6 heteroatoms. The molecule has 1 aliphatic heterocycles. The van der Waals surface area contributed by atoms with Crippen molar-refractivity contribution in [1.29, 1.82) is 0 Å². The highest BCUT2D eigenvalue weighted by Crippen LogP contribution is 2.21. The number of carbonyl (C=O) groups excluding carboxylic acids is 1. The van der Waals surface area contributed by atoms with Gasteiger partial charge in [-0.1, -0.05) is 6.07 Å². The lowest BCUT2D eigenvalue weighted by Crippen LogP contribution is -2.26. The summed E-state index contributed by atoms with van der Waals surface area (Å²) < 4.78 is 5.36. The first-order valence-electron chi connectivity index (χ1n) is 6.46. The van der Waals surface area contributed by atoms with Crippen molar-refractivity contribution in [1.82, 2.24) is 20.1 Å². The molecule has 3 rings (SSSR count). The largest absolute Gasteiger partial charge is 0.372 e. The molecule has 0 spiro atoms. The zero-order valence-corrected chi connectivity index (χ0v) is 11.5. The van der Waals surface area contributed by atoms with Crippen molar-refractivity contribution < 1.29 is 9.53 Å². The summed E-state index contributed by atoms with van der Waals surface area (Å²) in [4.78, 5) is 18.2. The third-order valence-electron chi connectivity index (χ3n) is 3.34. The van der Waals surface area contributed by atoms with E-state index in [1.54, 1.807) is 11.9 Å². The zero-order valence-electron chi connectivity index (χ0n) is 11.5. The topological polar surface area (TPSA) is 71.1 Å². The van der Waals surface area contributed by atoms with Gasteiger partial charge in [0.2, 0.25) is 0 Å². The summed E-state index contributed by atoms with van der Waals surface area (Å²) in [6.45, 7) is 3.44. The standard InChI is InChI=1S/C14H16N4O2/c1-9-15-13(17-16-9)6-18(2)14(19)10-3-4-11-7-20-8-12(11)5-10/h3-5H,6-8H2,1-2H3,(H,15,16,17). The number of hydrogen-bond donors (Lipinski definition) is 1. The molecule has 0 bridgehead atoms. The smallest absolute Gasteiger partial charge is 0.254 e. The summed E-state index contributed by atoms with van der Waals surface area (Å²) >= 11 is 0. The van der Waals surface area contributed by atoms with Crippen LogP contribution in [-0.4, -0.2) is 33.0 Å². The van der Waals surface area contributed by atoms with Gasteiger partial charge >= 0.3 is 0 Å². The molecule has 6 nitrogen and oxygen atoms in total. The number of aryl methyl sites for hydroxylation is 1. The third-order valence-corrected chi connectivity index (χ3v) is 3.34. The maximum absolute atomic E-state index is 12.4. The summed E-state index contributed by atoms with van der Waals surface area (Å²) in [7, 11) is 1.75. The number of ether oxygens (including phenoxy) is 1. The van der Waals surface area contributed by atoms with Crippen molar-refractivity contribution in [3.63, 3.8) is 0 Å². The van der Waals surface area contributed by atoms with Gasteiger partial charge in [-0.05, 0) is 30.2 Å². The number of benzene rings is 1. The average Bonchev–Trinajstić information content (AvgIpc) is 3.05. The van der Waals surface area contributed by atoms with Crippen LogP contribution in [0, 0.1) is 6.92 Å². The molecule has 0 aliphatic carbocycles. The minimum absolute atomic E-state index is 0.0397. The molecular weight excluding hydrogens is 256 g/mol. The van der Waals surface area contributed by atoms with Crippen LogP contribution in [-0.2, 0) is 24.5 Å². The average molecular weight is 272 g/mol. The van der Waals surface area contributed by atoms with Gasteiger partial charge in [0.25, 0.3) is 5.91 Å². The number of carbonyl (C=O) groups is 1. The molecule has 1 aromatic heterocycles. The Morgan fingerprint density at radius 1 is 1.40 bits per heavy atom. The molecule has 2 aromatic rings. The quantitative estimate of drug-likeness (QED) is 0.917. The van der Waals surface area contributed by atoms with Crippen molar-refractivity contribution >= 4 is 5.91 Å². The van der Waals surface area contributed by atoms with E-state index in [0.717, 1.165) is 17.0 Å². The molecule has 2 heterocycles. The van der Waals surface area contributed by atoms with Crippen LogP contribution in [0.15, 0.2) is 18.2 Å². The van der Waals surface area contributed by atoms with Crippen molar-refractivity contribution in [3.05, 3.63) is 46.5 Å².